The van der Waals surface area contributed by atoms with Gasteiger partial charge in [-0.05, 0) is 46.0 Å². The van der Waals surface area contributed by atoms with E-state index in [9.17, 15) is 23.6 Å². The number of Topliss-reactive ketones (excluding diaryl/α,β-unsaturated/α-hetero) is 1. The molecule has 180 valence electrons. The summed E-state index contributed by atoms with van der Waals surface area (Å²) in [5.74, 6) is -3.36. The van der Waals surface area contributed by atoms with Gasteiger partial charge in [-0.25, -0.2) is 4.39 Å². The number of benzene rings is 3. The fourth-order valence-corrected chi connectivity index (χ4v) is 4.57. The van der Waals surface area contributed by atoms with Gasteiger partial charge in [0.15, 0.2) is 5.78 Å². The van der Waals surface area contributed by atoms with Gasteiger partial charge in [0.05, 0.1) is 6.42 Å². The van der Waals surface area contributed by atoms with Gasteiger partial charge in [0.2, 0.25) is 5.91 Å². The van der Waals surface area contributed by atoms with Gasteiger partial charge in [-0.2, -0.15) is 0 Å². The number of carbonyl (C=O) groups excluding carboxylic acids is 3. The Kier molecular flexibility index (Phi) is 6.91. The Morgan fingerprint density at radius 3 is 2.51 bits per heavy atom. The molecule has 0 saturated heterocycles. The van der Waals surface area contributed by atoms with Crippen molar-refractivity contribution in [2.45, 2.75) is 38.4 Å². The van der Waals surface area contributed by atoms with E-state index in [1.54, 1.807) is 13.0 Å². The molecule has 2 atom stereocenters. The molecule has 1 heterocycles. The van der Waals surface area contributed by atoms with Crippen molar-refractivity contribution in [1.82, 2.24) is 10.2 Å². The van der Waals surface area contributed by atoms with Gasteiger partial charge in [0, 0.05) is 12.1 Å². The number of carboxylic acids is 1. The molecule has 0 aliphatic carbocycles. The van der Waals surface area contributed by atoms with Crippen LogP contribution in [-0.4, -0.2) is 52.3 Å². The van der Waals surface area contributed by atoms with Gasteiger partial charge >= 0.3 is 5.97 Å². The van der Waals surface area contributed by atoms with Crippen molar-refractivity contribution < 1.29 is 28.7 Å². The molecule has 0 spiro atoms. The zero-order valence-corrected chi connectivity index (χ0v) is 19.2. The van der Waals surface area contributed by atoms with Crippen LogP contribution in [-0.2, 0) is 20.9 Å². The number of nitrogens with one attached hydrogen (secondary N) is 1. The molecule has 2 amide bonds. The average molecular weight is 477 g/mol. The van der Waals surface area contributed by atoms with Crippen molar-refractivity contribution in [3.05, 3.63) is 71.8 Å². The van der Waals surface area contributed by atoms with Crippen LogP contribution < -0.4 is 5.32 Å². The summed E-state index contributed by atoms with van der Waals surface area (Å²) in [6.07, 6.45) is -0.487. The molecule has 0 bridgehead atoms. The molecular formula is C27H25FN2O5. The van der Waals surface area contributed by atoms with Crippen LogP contribution >= 0.6 is 0 Å². The second-order valence-corrected chi connectivity index (χ2v) is 8.51. The van der Waals surface area contributed by atoms with Crippen LogP contribution in [0.15, 0.2) is 60.7 Å². The summed E-state index contributed by atoms with van der Waals surface area (Å²) in [7, 11) is 0. The number of carboxylic acid groups (broad SMARTS) is 1. The van der Waals surface area contributed by atoms with E-state index in [0.29, 0.717) is 5.56 Å². The number of rotatable bonds is 9. The molecule has 3 aromatic rings. The highest BCUT2D eigenvalue weighted by Gasteiger charge is 2.37. The highest BCUT2D eigenvalue weighted by atomic mass is 19.1. The Hall–Kier alpha value is -4.07. The third-order valence-electron chi connectivity index (χ3n) is 6.32. The van der Waals surface area contributed by atoms with E-state index < -0.39 is 42.8 Å². The number of nitrogens with zero attached hydrogens (tertiary/aromatic N) is 1. The van der Waals surface area contributed by atoms with Gasteiger partial charge in [-0.1, -0.05) is 55.5 Å². The third-order valence-corrected chi connectivity index (χ3v) is 6.32. The fraction of sp³-hybridized carbons (Fsp3) is 0.259. The van der Waals surface area contributed by atoms with Crippen molar-refractivity contribution in [1.29, 1.82) is 0 Å². The Morgan fingerprint density at radius 1 is 1.06 bits per heavy atom. The maximum atomic E-state index is 13.1. The van der Waals surface area contributed by atoms with Gasteiger partial charge < -0.3 is 15.3 Å². The molecule has 0 fully saturated rings. The third kappa shape index (κ3) is 4.77. The number of aliphatic carboxylic acids is 1. The second-order valence-electron chi connectivity index (χ2n) is 8.51. The summed E-state index contributed by atoms with van der Waals surface area (Å²) < 4.78 is 12.9. The van der Waals surface area contributed by atoms with Crippen molar-refractivity contribution in [3.63, 3.8) is 0 Å². The SMILES string of the molecule is CC[C@@H](C(=O)NC(CC(=O)O)C(=O)CF)N1Cc2cc(-c3cccc4ccccc34)ccc2C1=O. The molecule has 1 aliphatic heterocycles. The van der Waals surface area contributed by atoms with Crippen molar-refractivity contribution in [2.24, 2.45) is 0 Å². The quantitative estimate of drug-likeness (QED) is 0.490. The molecule has 0 saturated carbocycles. The highest BCUT2D eigenvalue weighted by Crippen LogP contribution is 2.33. The Bertz CT molecular complexity index is 1320. The van der Waals surface area contributed by atoms with E-state index in [1.165, 1.54) is 4.90 Å². The predicted molar refractivity (Wildman–Crippen MR) is 129 cm³/mol. The lowest BCUT2D eigenvalue weighted by molar-refractivity contribution is -0.140. The number of halogens is 1. The number of hydrogen-bond acceptors (Lipinski definition) is 4. The number of alkyl halides is 1. The first-order chi connectivity index (χ1) is 16.8. The zero-order chi connectivity index (χ0) is 25.1. The van der Waals surface area contributed by atoms with Crippen LogP contribution in [0.25, 0.3) is 21.9 Å². The fourth-order valence-electron chi connectivity index (χ4n) is 4.57. The first-order valence-electron chi connectivity index (χ1n) is 11.4. The molecule has 1 unspecified atom stereocenters. The number of hydrogen-bond donors (Lipinski definition) is 2. The van der Waals surface area contributed by atoms with Crippen molar-refractivity contribution >= 4 is 34.3 Å². The van der Waals surface area contributed by atoms with Gasteiger partial charge in [0.25, 0.3) is 5.91 Å². The molecule has 3 aromatic carbocycles. The van der Waals surface area contributed by atoms with Crippen LogP contribution in [0.2, 0.25) is 0 Å². The molecule has 8 heteroatoms. The number of ketones is 1. The molecule has 2 N–H and O–H groups in total. The first kappa shape index (κ1) is 24.1. The van der Waals surface area contributed by atoms with E-state index in [2.05, 4.69) is 5.32 Å². The largest absolute Gasteiger partial charge is 0.481 e. The monoisotopic (exact) mass is 476 g/mol. The summed E-state index contributed by atoms with van der Waals surface area (Å²) in [5, 5.41) is 13.5. The van der Waals surface area contributed by atoms with Crippen LogP contribution in [0.1, 0.15) is 35.7 Å². The molecule has 0 aromatic heterocycles. The lowest BCUT2D eigenvalue weighted by Crippen LogP contribution is -2.52. The van der Waals surface area contributed by atoms with Crippen molar-refractivity contribution in [3.8, 4) is 11.1 Å². The van der Waals surface area contributed by atoms with E-state index in [0.717, 1.165) is 27.5 Å². The van der Waals surface area contributed by atoms with E-state index >= 15 is 0 Å². The first-order valence-corrected chi connectivity index (χ1v) is 11.4. The average Bonchev–Trinajstić information content (AvgIpc) is 3.18. The summed E-state index contributed by atoms with van der Waals surface area (Å²) >= 11 is 0. The van der Waals surface area contributed by atoms with Gasteiger partial charge in [-0.3, -0.25) is 19.2 Å². The Balaban J connectivity index is 1.59. The predicted octanol–water partition coefficient (Wildman–Crippen LogP) is 3.74. The number of amides is 2. The maximum Gasteiger partial charge on any atom is 0.305 e. The van der Waals surface area contributed by atoms with Crippen LogP contribution in [0.3, 0.4) is 0 Å². The summed E-state index contributed by atoms with van der Waals surface area (Å²) in [6.45, 7) is 0.518. The highest BCUT2D eigenvalue weighted by molar-refractivity contribution is 6.03. The minimum absolute atomic E-state index is 0.194. The molecule has 35 heavy (non-hydrogen) atoms. The maximum absolute atomic E-state index is 13.1. The minimum atomic E-state index is -1.49. The van der Waals surface area contributed by atoms with E-state index in [4.69, 9.17) is 5.11 Å². The molecule has 7 nitrogen and oxygen atoms in total. The molecule has 4 rings (SSSR count). The molecule has 0 radical (unpaired) electrons. The second kappa shape index (κ2) is 10.0. The normalized spacial score (nSPS) is 14.5. The summed E-state index contributed by atoms with van der Waals surface area (Å²) in [4.78, 5) is 50.3. The Labute approximate surface area is 201 Å². The summed E-state index contributed by atoms with van der Waals surface area (Å²) in [5.41, 5.74) is 3.24. The van der Waals surface area contributed by atoms with Crippen molar-refractivity contribution in [2.75, 3.05) is 6.67 Å². The standard InChI is InChI=1S/C27H25FN2O5/c1-2-23(26(34)29-22(13-25(32)33)24(31)14-28)30-15-18-12-17(10-11-21(18)27(30)35)20-9-5-7-16-6-3-4-8-19(16)20/h3-12,22-23H,2,13-15H2,1H3,(H,29,34)(H,32,33)/t22?,23-/m0/s1. The molecular weight excluding hydrogens is 451 g/mol. The van der Waals surface area contributed by atoms with Gasteiger partial charge in [-0.15, -0.1) is 0 Å². The topological polar surface area (TPSA) is 104 Å². The zero-order valence-electron chi connectivity index (χ0n) is 19.2. The van der Waals surface area contributed by atoms with Crippen LogP contribution in [0.4, 0.5) is 4.39 Å². The number of fused-ring (bicyclic) bond motifs is 2. The van der Waals surface area contributed by atoms with Crippen LogP contribution in [0.5, 0.6) is 0 Å². The minimum Gasteiger partial charge on any atom is -0.481 e. The number of carbonyl (C=O) groups is 4. The van der Waals surface area contributed by atoms with E-state index in [1.807, 2.05) is 54.6 Å². The Morgan fingerprint density at radius 2 is 1.80 bits per heavy atom. The lowest BCUT2D eigenvalue weighted by atomic mass is 9.96. The molecule has 1 aliphatic rings. The smallest absolute Gasteiger partial charge is 0.305 e. The van der Waals surface area contributed by atoms with Crippen LogP contribution in [0, 0.1) is 0 Å². The van der Waals surface area contributed by atoms with Gasteiger partial charge in [0.1, 0.15) is 18.8 Å². The summed E-state index contributed by atoms with van der Waals surface area (Å²) in [6, 6.07) is 17.2. The lowest BCUT2D eigenvalue weighted by Gasteiger charge is -2.27. The van der Waals surface area contributed by atoms with E-state index in [-0.39, 0.29) is 18.9 Å².